The maximum absolute atomic E-state index is 10.2. The van der Waals surface area contributed by atoms with Crippen LogP contribution >= 0.6 is 0 Å². The summed E-state index contributed by atoms with van der Waals surface area (Å²) in [5.74, 6) is 0.204. The zero-order chi connectivity index (χ0) is 13.0. The Hall–Kier alpha value is -0.590. The van der Waals surface area contributed by atoms with Crippen LogP contribution in [-0.2, 0) is 0 Å². The number of rotatable bonds is 1. The summed E-state index contributed by atoms with van der Waals surface area (Å²) in [6.07, 6.45) is 8.78. The minimum Gasteiger partial charge on any atom is -0.390 e. The molecule has 2 fully saturated rings. The number of nitriles is 1. The Balaban J connectivity index is 2.02. The molecule has 0 amide bonds. The fourth-order valence-electron chi connectivity index (χ4n) is 3.49. The van der Waals surface area contributed by atoms with Crippen LogP contribution < -0.4 is 0 Å². The maximum atomic E-state index is 10.2. The molecular formula is C15H26N2O. The van der Waals surface area contributed by atoms with Gasteiger partial charge in [-0.05, 0) is 45.6 Å². The molecule has 3 unspecified atom stereocenters. The molecule has 1 saturated heterocycles. The van der Waals surface area contributed by atoms with Crippen LogP contribution in [-0.4, -0.2) is 34.7 Å². The summed E-state index contributed by atoms with van der Waals surface area (Å²) in [5.41, 5.74) is -0.498. The summed E-state index contributed by atoms with van der Waals surface area (Å²) < 4.78 is 0. The van der Waals surface area contributed by atoms with Gasteiger partial charge in [0, 0.05) is 12.6 Å². The summed E-state index contributed by atoms with van der Waals surface area (Å²) >= 11 is 0. The summed E-state index contributed by atoms with van der Waals surface area (Å²) in [4.78, 5) is 2.49. The topological polar surface area (TPSA) is 47.3 Å². The SMILES string of the molecule is CC1(O)CCCN(C2CCCCCC2C#N)CC1. The third-order valence-corrected chi connectivity index (χ3v) is 4.71. The fourth-order valence-corrected chi connectivity index (χ4v) is 3.49. The Morgan fingerprint density at radius 1 is 1.11 bits per heavy atom. The Morgan fingerprint density at radius 2 is 1.89 bits per heavy atom. The zero-order valence-electron chi connectivity index (χ0n) is 11.6. The lowest BCUT2D eigenvalue weighted by molar-refractivity contribution is 0.0417. The second-order valence-corrected chi connectivity index (χ2v) is 6.33. The van der Waals surface area contributed by atoms with Gasteiger partial charge in [-0.25, -0.2) is 0 Å². The normalized spacial score (nSPS) is 39.6. The van der Waals surface area contributed by atoms with Crippen LogP contribution in [0.3, 0.4) is 0 Å². The minimum absolute atomic E-state index is 0.204. The van der Waals surface area contributed by atoms with Crippen LogP contribution in [0.2, 0.25) is 0 Å². The number of hydrogen-bond acceptors (Lipinski definition) is 3. The zero-order valence-corrected chi connectivity index (χ0v) is 11.6. The van der Waals surface area contributed by atoms with Crippen LogP contribution in [0.15, 0.2) is 0 Å². The highest BCUT2D eigenvalue weighted by molar-refractivity contribution is 4.96. The predicted octanol–water partition coefficient (Wildman–Crippen LogP) is 2.70. The van der Waals surface area contributed by atoms with Crippen molar-refractivity contribution in [2.75, 3.05) is 13.1 Å². The van der Waals surface area contributed by atoms with Gasteiger partial charge in [0.2, 0.25) is 0 Å². The van der Waals surface area contributed by atoms with Crippen molar-refractivity contribution < 1.29 is 5.11 Å². The molecule has 0 radical (unpaired) electrons. The van der Waals surface area contributed by atoms with E-state index in [2.05, 4.69) is 11.0 Å². The first-order valence-corrected chi connectivity index (χ1v) is 7.48. The molecule has 3 nitrogen and oxygen atoms in total. The molecule has 18 heavy (non-hydrogen) atoms. The molecule has 0 aromatic carbocycles. The predicted molar refractivity (Wildman–Crippen MR) is 72.0 cm³/mol. The van der Waals surface area contributed by atoms with E-state index >= 15 is 0 Å². The van der Waals surface area contributed by atoms with E-state index in [0.717, 1.165) is 38.8 Å². The Labute approximate surface area is 111 Å². The molecule has 1 heterocycles. The van der Waals surface area contributed by atoms with E-state index in [4.69, 9.17) is 0 Å². The number of likely N-dealkylation sites (tertiary alicyclic amines) is 1. The Bertz CT molecular complexity index is 308. The van der Waals surface area contributed by atoms with Gasteiger partial charge < -0.3 is 5.11 Å². The molecule has 1 aliphatic heterocycles. The van der Waals surface area contributed by atoms with E-state index in [9.17, 15) is 10.4 Å². The summed E-state index contributed by atoms with van der Waals surface area (Å²) in [6, 6.07) is 2.96. The molecule has 1 N–H and O–H groups in total. The van der Waals surface area contributed by atoms with E-state index in [1.807, 2.05) is 6.92 Å². The molecule has 0 aromatic heterocycles. The Morgan fingerprint density at radius 3 is 2.67 bits per heavy atom. The highest BCUT2D eigenvalue weighted by atomic mass is 16.3. The highest BCUT2D eigenvalue weighted by Gasteiger charge is 2.32. The molecule has 0 spiro atoms. The molecule has 2 aliphatic rings. The lowest BCUT2D eigenvalue weighted by Crippen LogP contribution is -2.41. The molecule has 2 rings (SSSR count). The molecule has 3 heteroatoms. The van der Waals surface area contributed by atoms with Gasteiger partial charge >= 0.3 is 0 Å². The van der Waals surface area contributed by atoms with Crippen LogP contribution in [0, 0.1) is 17.2 Å². The number of hydrogen-bond donors (Lipinski definition) is 1. The smallest absolute Gasteiger partial charge is 0.0672 e. The quantitative estimate of drug-likeness (QED) is 0.728. The summed E-state index contributed by atoms with van der Waals surface area (Å²) in [7, 11) is 0. The van der Waals surface area contributed by atoms with Gasteiger partial charge in [-0.3, -0.25) is 4.90 Å². The first-order chi connectivity index (χ1) is 8.62. The molecular weight excluding hydrogens is 224 g/mol. The van der Waals surface area contributed by atoms with Crippen LogP contribution in [0.5, 0.6) is 0 Å². The average molecular weight is 250 g/mol. The largest absolute Gasteiger partial charge is 0.390 e. The standard InChI is InChI=1S/C15H26N2O/c1-15(18)8-5-10-17(11-9-15)14-7-4-2-3-6-13(14)12-16/h13-14,18H,2-11H2,1H3. The van der Waals surface area contributed by atoms with Crippen molar-refractivity contribution in [2.45, 2.75) is 69.9 Å². The van der Waals surface area contributed by atoms with Gasteiger partial charge in [-0.2, -0.15) is 5.26 Å². The van der Waals surface area contributed by atoms with E-state index in [-0.39, 0.29) is 5.92 Å². The van der Waals surface area contributed by atoms with Crippen molar-refractivity contribution in [3.05, 3.63) is 0 Å². The number of aliphatic hydroxyl groups is 1. The first-order valence-electron chi connectivity index (χ1n) is 7.48. The van der Waals surface area contributed by atoms with E-state index in [1.165, 1.54) is 25.7 Å². The van der Waals surface area contributed by atoms with Crippen molar-refractivity contribution in [1.29, 1.82) is 5.26 Å². The third-order valence-electron chi connectivity index (χ3n) is 4.71. The average Bonchev–Trinajstić information content (AvgIpc) is 2.66. The van der Waals surface area contributed by atoms with Gasteiger partial charge in [0.05, 0.1) is 17.6 Å². The third kappa shape index (κ3) is 3.46. The van der Waals surface area contributed by atoms with Gasteiger partial charge in [-0.15, -0.1) is 0 Å². The van der Waals surface area contributed by atoms with E-state index < -0.39 is 5.60 Å². The van der Waals surface area contributed by atoms with Crippen LogP contribution in [0.25, 0.3) is 0 Å². The lowest BCUT2D eigenvalue weighted by atomic mass is 9.94. The second kappa shape index (κ2) is 6.04. The van der Waals surface area contributed by atoms with Crippen molar-refractivity contribution in [1.82, 2.24) is 4.90 Å². The van der Waals surface area contributed by atoms with E-state index in [1.54, 1.807) is 0 Å². The van der Waals surface area contributed by atoms with Crippen molar-refractivity contribution in [3.8, 4) is 6.07 Å². The molecule has 1 aliphatic carbocycles. The van der Waals surface area contributed by atoms with Crippen molar-refractivity contribution in [3.63, 3.8) is 0 Å². The van der Waals surface area contributed by atoms with Crippen LogP contribution in [0.4, 0.5) is 0 Å². The van der Waals surface area contributed by atoms with Crippen molar-refractivity contribution in [2.24, 2.45) is 5.92 Å². The molecule has 3 atom stereocenters. The Kier molecular flexibility index (Phi) is 4.64. The number of nitrogens with zero attached hydrogens (tertiary/aromatic N) is 2. The van der Waals surface area contributed by atoms with E-state index in [0.29, 0.717) is 6.04 Å². The molecule has 0 aromatic rings. The lowest BCUT2D eigenvalue weighted by Gasteiger charge is -2.33. The fraction of sp³-hybridized carbons (Fsp3) is 0.933. The summed E-state index contributed by atoms with van der Waals surface area (Å²) in [6.45, 7) is 3.96. The molecule has 102 valence electrons. The molecule has 1 saturated carbocycles. The van der Waals surface area contributed by atoms with Gasteiger partial charge in [0.15, 0.2) is 0 Å². The highest BCUT2D eigenvalue weighted by Crippen LogP contribution is 2.30. The maximum Gasteiger partial charge on any atom is 0.0672 e. The van der Waals surface area contributed by atoms with Gasteiger partial charge in [0.25, 0.3) is 0 Å². The van der Waals surface area contributed by atoms with Crippen molar-refractivity contribution >= 4 is 0 Å². The monoisotopic (exact) mass is 250 g/mol. The minimum atomic E-state index is -0.498. The van der Waals surface area contributed by atoms with Gasteiger partial charge in [0.1, 0.15) is 0 Å². The van der Waals surface area contributed by atoms with Gasteiger partial charge in [-0.1, -0.05) is 19.3 Å². The second-order valence-electron chi connectivity index (χ2n) is 6.33. The molecule has 0 bridgehead atoms. The summed E-state index contributed by atoms with van der Waals surface area (Å²) in [5, 5.41) is 19.5. The van der Waals surface area contributed by atoms with Crippen LogP contribution in [0.1, 0.15) is 58.3 Å². The first kappa shape index (κ1) is 13.8.